The molecule has 0 N–H and O–H groups in total. The highest BCUT2D eigenvalue weighted by molar-refractivity contribution is 9.10. The van der Waals surface area contributed by atoms with Crippen molar-refractivity contribution in [1.82, 2.24) is 0 Å². The maximum atomic E-state index is 3.82. The second-order valence-electron chi connectivity index (χ2n) is 2.29. The Morgan fingerprint density at radius 2 is 1.85 bits per heavy atom. The minimum atomic E-state index is 0.858. The molecule has 0 spiro atoms. The van der Waals surface area contributed by atoms with Gasteiger partial charge in [0.05, 0.1) is 0 Å². The van der Waals surface area contributed by atoms with Gasteiger partial charge >= 0.3 is 0 Å². The van der Waals surface area contributed by atoms with E-state index < -0.39 is 0 Å². The van der Waals surface area contributed by atoms with Crippen LogP contribution in [0.1, 0.15) is 0 Å². The van der Waals surface area contributed by atoms with Gasteiger partial charge in [0.1, 0.15) is 0 Å². The maximum Gasteiger partial charge on any atom is 0.0312 e. The zero-order valence-electron chi connectivity index (χ0n) is 7.25. The van der Waals surface area contributed by atoms with Crippen LogP contribution in [0.4, 0.5) is 0 Å². The van der Waals surface area contributed by atoms with Gasteiger partial charge in [0.25, 0.3) is 0 Å². The lowest BCUT2D eigenvalue weighted by Gasteiger charge is -2.04. The monoisotopic (exact) mass is 274 g/mol. The van der Waals surface area contributed by atoms with Crippen molar-refractivity contribution in [3.63, 3.8) is 0 Å². The van der Waals surface area contributed by atoms with Crippen LogP contribution in [-0.2, 0) is 0 Å². The van der Waals surface area contributed by atoms with Gasteiger partial charge in [0.15, 0.2) is 0 Å². The van der Waals surface area contributed by atoms with Crippen molar-refractivity contribution in [1.29, 1.82) is 0 Å². The van der Waals surface area contributed by atoms with Gasteiger partial charge in [-0.2, -0.15) is 0 Å². The molecule has 0 aliphatic rings. The highest BCUT2D eigenvalue weighted by atomic mass is 79.9. The SMILES string of the molecule is [CH2]CSc1ccc(Br)c(SC[CH2])c1. The summed E-state index contributed by atoms with van der Waals surface area (Å²) in [4.78, 5) is 2.53. The quantitative estimate of drug-likeness (QED) is 0.751. The normalized spacial score (nSPS) is 10.4. The first-order valence-electron chi connectivity index (χ1n) is 3.91. The predicted molar refractivity (Wildman–Crippen MR) is 66.3 cm³/mol. The van der Waals surface area contributed by atoms with Crippen molar-refractivity contribution in [2.24, 2.45) is 0 Å². The van der Waals surface area contributed by atoms with Gasteiger partial charge in [-0.1, -0.05) is 0 Å². The minimum absolute atomic E-state index is 0.858. The molecule has 0 bridgehead atoms. The van der Waals surface area contributed by atoms with Crippen LogP contribution in [0.2, 0.25) is 0 Å². The van der Waals surface area contributed by atoms with Crippen LogP contribution >= 0.6 is 39.5 Å². The Labute approximate surface area is 97.0 Å². The number of benzene rings is 1. The second-order valence-corrected chi connectivity index (χ2v) is 5.45. The molecule has 0 unspecified atom stereocenters. The molecular weight excluding hydrogens is 264 g/mol. The Morgan fingerprint density at radius 1 is 1.15 bits per heavy atom. The fourth-order valence-electron chi connectivity index (χ4n) is 0.912. The Morgan fingerprint density at radius 3 is 2.46 bits per heavy atom. The smallest absolute Gasteiger partial charge is 0.0312 e. The summed E-state index contributed by atoms with van der Waals surface area (Å²) < 4.78 is 1.15. The second kappa shape index (κ2) is 5.99. The third kappa shape index (κ3) is 3.56. The van der Waals surface area contributed by atoms with Crippen molar-refractivity contribution < 1.29 is 0 Å². The van der Waals surface area contributed by atoms with Crippen molar-refractivity contribution >= 4 is 39.5 Å². The van der Waals surface area contributed by atoms with E-state index in [9.17, 15) is 0 Å². The van der Waals surface area contributed by atoms with E-state index in [2.05, 4.69) is 48.0 Å². The minimum Gasteiger partial charge on any atom is -0.126 e. The molecule has 0 saturated carbocycles. The van der Waals surface area contributed by atoms with Crippen LogP contribution in [-0.4, -0.2) is 11.5 Å². The first-order valence-corrected chi connectivity index (χ1v) is 6.68. The van der Waals surface area contributed by atoms with E-state index >= 15 is 0 Å². The van der Waals surface area contributed by atoms with E-state index in [1.165, 1.54) is 9.79 Å². The predicted octanol–water partition coefficient (Wildman–Crippen LogP) is 4.30. The molecular formula is C10H11BrS2. The van der Waals surface area contributed by atoms with Gasteiger partial charge in [0.2, 0.25) is 0 Å². The van der Waals surface area contributed by atoms with Gasteiger partial charge in [-0.05, 0) is 59.5 Å². The summed E-state index contributed by atoms with van der Waals surface area (Å²) in [7, 11) is 0. The summed E-state index contributed by atoms with van der Waals surface area (Å²) in [5.74, 6) is 1.73. The maximum absolute atomic E-state index is 3.82. The van der Waals surface area contributed by atoms with Crippen molar-refractivity contribution in [3.05, 3.63) is 36.5 Å². The Hall–Kier alpha value is 0.400. The van der Waals surface area contributed by atoms with Crippen LogP contribution in [0, 0.1) is 13.8 Å². The first-order chi connectivity index (χ1) is 6.27. The molecule has 1 aromatic rings. The third-order valence-corrected chi connectivity index (χ3v) is 4.03. The molecule has 2 radical (unpaired) electrons. The molecule has 0 aliphatic heterocycles. The van der Waals surface area contributed by atoms with Crippen molar-refractivity contribution in [3.8, 4) is 0 Å². The fourth-order valence-corrected chi connectivity index (χ4v) is 2.81. The molecule has 0 atom stereocenters. The molecule has 0 saturated heterocycles. The molecule has 0 aliphatic carbocycles. The summed E-state index contributed by atoms with van der Waals surface area (Å²) in [5, 5.41) is 0. The lowest BCUT2D eigenvalue weighted by Crippen LogP contribution is -1.79. The number of halogens is 1. The van der Waals surface area contributed by atoms with E-state index in [4.69, 9.17) is 0 Å². The van der Waals surface area contributed by atoms with Gasteiger partial charge in [-0.3, -0.25) is 0 Å². The molecule has 1 rings (SSSR count). The molecule has 0 nitrogen and oxygen atoms in total. The van der Waals surface area contributed by atoms with E-state index in [1.54, 1.807) is 23.5 Å². The topological polar surface area (TPSA) is 0 Å². The van der Waals surface area contributed by atoms with Gasteiger partial charge < -0.3 is 0 Å². The van der Waals surface area contributed by atoms with Crippen LogP contribution in [0.15, 0.2) is 32.5 Å². The van der Waals surface area contributed by atoms with Crippen LogP contribution in [0.5, 0.6) is 0 Å². The zero-order chi connectivity index (χ0) is 9.68. The number of hydrogen-bond donors (Lipinski definition) is 0. The molecule has 13 heavy (non-hydrogen) atoms. The van der Waals surface area contributed by atoms with E-state index in [0.29, 0.717) is 0 Å². The molecule has 0 fully saturated rings. The van der Waals surface area contributed by atoms with Crippen LogP contribution in [0.3, 0.4) is 0 Å². The van der Waals surface area contributed by atoms with Crippen molar-refractivity contribution in [2.75, 3.05) is 11.5 Å². The van der Waals surface area contributed by atoms with Crippen molar-refractivity contribution in [2.45, 2.75) is 9.79 Å². The van der Waals surface area contributed by atoms with Crippen LogP contribution in [0.25, 0.3) is 0 Å². The highest BCUT2D eigenvalue weighted by Gasteiger charge is 2.01. The zero-order valence-corrected chi connectivity index (χ0v) is 10.5. The fraction of sp³-hybridized carbons (Fsp3) is 0.200. The summed E-state index contributed by atoms with van der Waals surface area (Å²) in [6.07, 6.45) is 0. The first kappa shape index (κ1) is 11.5. The average molecular weight is 275 g/mol. The summed E-state index contributed by atoms with van der Waals surface area (Å²) in [5.41, 5.74) is 0. The number of rotatable bonds is 4. The van der Waals surface area contributed by atoms with E-state index in [1.807, 2.05) is 0 Å². The average Bonchev–Trinajstić information content (AvgIpc) is 2.12. The third-order valence-electron chi connectivity index (χ3n) is 1.43. The highest BCUT2D eigenvalue weighted by Crippen LogP contribution is 2.31. The molecule has 0 amide bonds. The van der Waals surface area contributed by atoms with E-state index in [0.717, 1.165) is 16.0 Å². The summed E-state index contributed by atoms with van der Waals surface area (Å²) in [6.45, 7) is 7.63. The number of hydrogen-bond acceptors (Lipinski definition) is 2. The Kier molecular flexibility index (Phi) is 5.29. The van der Waals surface area contributed by atoms with Gasteiger partial charge in [-0.25, -0.2) is 0 Å². The molecule has 0 heterocycles. The Balaban J connectivity index is 2.83. The molecule has 0 aromatic heterocycles. The standard InChI is InChI=1S/C10H11BrS2/c1-3-12-8-5-6-9(11)10(7-8)13-4-2/h5-7H,1-4H2. The molecule has 70 valence electrons. The lowest BCUT2D eigenvalue weighted by molar-refractivity contribution is 1.30. The molecule has 1 aromatic carbocycles. The van der Waals surface area contributed by atoms with E-state index in [-0.39, 0.29) is 0 Å². The molecule has 3 heteroatoms. The van der Waals surface area contributed by atoms with Crippen LogP contribution < -0.4 is 0 Å². The van der Waals surface area contributed by atoms with Gasteiger partial charge in [0, 0.05) is 14.3 Å². The lowest BCUT2D eigenvalue weighted by atomic mass is 10.4. The van der Waals surface area contributed by atoms with Gasteiger partial charge in [-0.15, -0.1) is 23.5 Å². The largest absolute Gasteiger partial charge is 0.126 e. The summed E-state index contributed by atoms with van der Waals surface area (Å²) >= 11 is 7.02. The summed E-state index contributed by atoms with van der Waals surface area (Å²) in [6, 6.07) is 6.36. The number of thioether (sulfide) groups is 2. The Bertz CT molecular complexity index is 274.